The normalized spacial score (nSPS) is 16.0. The van der Waals surface area contributed by atoms with Gasteiger partial charge in [0.1, 0.15) is 12.7 Å². The van der Waals surface area contributed by atoms with Crippen molar-refractivity contribution in [2.75, 3.05) is 51.3 Å². The molecule has 2 aromatic rings. The molecular formula is C24H29F3N2O3. The van der Waals surface area contributed by atoms with E-state index in [0.29, 0.717) is 49.9 Å². The highest BCUT2D eigenvalue weighted by molar-refractivity contribution is 5.49. The van der Waals surface area contributed by atoms with Crippen LogP contribution in [0.3, 0.4) is 0 Å². The zero-order chi connectivity index (χ0) is 23.1. The summed E-state index contributed by atoms with van der Waals surface area (Å²) in [6, 6.07) is 11.0. The van der Waals surface area contributed by atoms with E-state index in [4.69, 9.17) is 9.47 Å². The number of allylic oxidation sites excluding steroid dienone is 1. The standard InChI is InChI=1S/C24H29F3N2O3/c1-3-5-18-8-9-22(23(14-18)31-2)32-17-21(30)16-28-10-12-29(13-11-28)20-7-4-6-19(15-20)24(25,26)27/h3-4,6-9,14-15,21,30H,1,5,10-13,16-17H2,2H3/t21-/m0/s1. The van der Waals surface area contributed by atoms with Crippen LogP contribution in [0.15, 0.2) is 55.1 Å². The molecule has 3 rings (SSSR count). The van der Waals surface area contributed by atoms with Gasteiger partial charge in [-0.3, -0.25) is 4.90 Å². The molecule has 1 heterocycles. The number of nitrogens with zero attached hydrogens (tertiary/aromatic N) is 2. The van der Waals surface area contributed by atoms with Gasteiger partial charge in [-0.1, -0.05) is 18.2 Å². The Hall–Kier alpha value is -2.71. The van der Waals surface area contributed by atoms with E-state index in [1.165, 1.54) is 12.1 Å². The summed E-state index contributed by atoms with van der Waals surface area (Å²) in [6.45, 7) is 6.74. The van der Waals surface area contributed by atoms with Gasteiger partial charge in [0.25, 0.3) is 0 Å². The van der Waals surface area contributed by atoms with Gasteiger partial charge in [0.05, 0.1) is 12.7 Å². The van der Waals surface area contributed by atoms with Crippen molar-refractivity contribution in [2.24, 2.45) is 0 Å². The summed E-state index contributed by atoms with van der Waals surface area (Å²) in [6.07, 6.45) is -2.51. The Balaban J connectivity index is 1.48. The van der Waals surface area contributed by atoms with Crippen LogP contribution in [0, 0.1) is 0 Å². The van der Waals surface area contributed by atoms with Gasteiger partial charge in [0, 0.05) is 38.4 Å². The van der Waals surface area contributed by atoms with Crippen LogP contribution in [0.2, 0.25) is 0 Å². The maximum atomic E-state index is 13.0. The minimum absolute atomic E-state index is 0.116. The van der Waals surface area contributed by atoms with Gasteiger partial charge in [-0.25, -0.2) is 0 Å². The lowest BCUT2D eigenvalue weighted by molar-refractivity contribution is -0.137. The van der Waals surface area contributed by atoms with Gasteiger partial charge >= 0.3 is 6.18 Å². The van der Waals surface area contributed by atoms with E-state index in [9.17, 15) is 18.3 Å². The molecule has 1 aliphatic rings. The highest BCUT2D eigenvalue weighted by Crippen LogP contribution is 2.32. The number of anilines is 1. The van der Waals surface area contributed by atoms with Crippen LogP contribution >= 0.6 is 0 Å². The second-order valence-corrected chi connectivity index (χ2v) is 7.78. The van der Waals surface area contributed by atoms with E-state index < -0.39 is 17.8 Å². The Morgan fingerprint density at radius 3 is 2.50 bits per heavy atom. The molecule has 1 aliphatic heterocycles. The molecule has 0 unspecified atom stereocenters. The SMILES string of the molecule is C=CCc1ccc(OC[C@@H](O)CN2CCN(c3cccc(C(F)(F)F)c3)CC2)c(OC)c1. The van der Waals surface area contributed by atoms with E-state index in [-0.39, 0.29) is 6.61 Å². The summed E-state index contributed by atoms with van der Waals surface area (Å²) in [5.41, 5.74) is 0.983. The maximum Gasteiger partial charge on any atom is 0.416 e. The second-order valence-electron chi connectivity index (χ2n) is 7.78. The maximum absolute atomic E-state index is 13.0. The number of aliphatic hydroxyl groups excluding tert-OH is 1. The number of hydrogen-bond acceptors (Lipinski definition) is 5. The number of ether oxygens (including phenoxy) is 2. The Bertz CT molecular complexity index is 896. The molecule has 1 atom stereocenters. The van der Waals surface area contributed by atoms with Crippen LogP contribution in [0.1, 0.15) is 11.1 Å². The Labute approximate surface area is 186 Å². The van der Waals surface area contributed by atoms with E-state index in [1.807, 2.05) is 29.2 Å². The number of piperazine rings is 1. The third kappa shape index (κ3) is 6.40. The van der Waals surface area contributed by atoms with Gasteiger partial charge in [-0.05, 0) is 42.3 Å². The molecule has 1 N–H and O–H groups in total. The van der Waals surface area contributed by atoms with Crippen molar-refractivity contribution in [3.05, 3.63) is 66.2 Å². The monoisotopic (exact) mass is 450 g/mol. The van der Waals surface area contributed by atoms with Crippen molar-refractivity contribution in [2.45, 2.75) is 18.7 Å². The van der Waals surface area contributed by atoms with Crippen LogP contribution in [-0.4, -0.2) is 62.6 Å². The molecule has 0 aliphatic carbocycles. The first-order chi connectivity index (χ1) is 15.3. The van der Waals surface area contributed by atoms with Gasteiger partial charge in [-0.2, -0.15) is 13.2 Å². The molecule has 0 saturated carbocycles. The van der Waals surface area contributed by atoms with E-state index >= 15 is 0 Å². The summed E-state index contributed by atoms with van der Waals surface area (Å²) < 4.78 is 50.0. The summed E-state index contributed by atoms with van der Waals surface area (Å²) in [7, 11) is 1.57. The van der Waals surface area contributed by atoms with Crippen LogP contribution in [0.25, 0.3) is 0 Å². The van der Waals surface area contributed by atoms with Crippen LogP contribution < -0.4 is 14.4 Å². The fourth-order valence-corrected chi connectivity index (χ4v) is 3.73. The van der Waals surface area contributed by atoms with Crippen molar-refractivity contribution < 1.29 is 27.8 Å². The molecule has 0 amide bonds. The minimum Gasteiger partial charge on any atom is -0.493 e. The average molecular weight is 451 g/mol. The smallest absolute Gasteiger partial charge is 0.416 e. The van der Waals surface area contributed by atoms with Crippen molar-refractivity contribution in [1.29, 1.82) is 0 Å². The first kappa shape index (κ1) is 23.9. The molecule has 0 spiro atoms. The summed E-state index contributed by atoms with van der Waals surface area (Å²) in [5.74, 6) is 1.17. The van der Waals surface area contributed by atoms with Crippen LogP contribution in [0.4, 0.5) is 18.9 Å². The lowest BCUT2D eigenvalue weighted by Gasteiger charge is -2.37. The zero-order valence-corrected chi connectivity index (χ0v) is 18.1. The molecule has 0 aromatic heterocycles. The quantitative estimate of drug-likeness (QED) is 0.585. The fourth-order valence-electron chi connectivity index (χ4n) is 3.73. The number of rotatable bonds is 9. The summed E-state index contributed by atoms with van der Waals surface area (Å²) >= 11 is 0. The largest absolute Gasteiger partial charge is 0.493 e. The number of hydrogen-bond donors (Lipinski definition) is 1. The fraction of sp³-hybridized carbons (Fsp3) is 0.417. The number of β-amino-alcohol motifs (C(OH)–C–C–N with tert-alkyl or cyclic N) is 1. The van der Waals surface area contributed by atoms with E-state index in [2.05, 4.69) is 11.5 Å². The minimum atomic E-state index is -4.35. The molecule has 32 heavy (non-hydrogen) atoms. The van der Waals surface area contributed by atoms with E-state index in [1.54, 1.807) is 13.2 Å². The third-order valence-corrected chi connectivity index (χ3v) is 5.42. The molecule has 2 aromatic carbocycles. The molecular weight excluding hydrogens is 421 g/mol. The number of alkyl halides is 3. The van der Waals surface area contributed by atoms with Gasteiger partial charge in [0.15, 0.2) is 11.5 Å². The van der Waals surface area contributed by atoms with Gasteiger partial charge < -0.3 is 19.5 Å². The Morgan fingerprint density at radius 2 is 1.84 bits per heavy atom. The number of benzene rings is 2. The highest BCUT2D eigenvalue weighted by atomic mass is 19.4. The van der Waals surface area contributed by atoms with Crippen molar-refractivity contribution in [3.63, 3.8) is 0 Å². The second kappa shape index (κ2) is 10.7. The molecule has 1 fully saturated rings. The topological polar surface area (TPSA) is 45.2 Å². The van der Waals surface area contributed by atoms with Gasteiger partial charge in [-0.15, -0.1) is 6.58 Å². The summed E-state index contributed by atoms with van der Waals surface area (Å²) in [4.78, 5) is 4.02. The number of methoxy groups -OCH3 is 1. The predicted octanol–water partition coefficient (Wildman–Crippen LogP) is 4.00. The van der Waals surface area contributed by atoms with Crippen molar-refractivity contribution >= 4 is 5.69 Å². The average Bonchev–Trinajstić information content (AvgIpc) is 2.78. The first-order valence-corrected chi connectivity index (χ1v) is 10.5. The van der Waals surface area contributed by atoms with Gasteiger partial charge in [0.2, 0.25) is 0 Å². The Kier molecular flexibility index (Phi) is 8.04. The third-order valence-electron chi connectivity index (χ3n) is 5.42. The molecule has 0 radical (unpaired) electrons. The lowest BCUT2D eigenvalue weighted by Crippen LogP contribution is -2.49. The molecule has 8 heteroatoms. The predicted molar refractivity (Wildman–Crippen MR) is 118 cm³/mol. The number of aliphatic hydroxyl groups is 1. The van der Waals surface area contributed by atoms with Crippen molar-refractivity contribution in [1.82, 2.24) is 4.90 Å². The summed E-state index contributed by atoms with van der Waals surface area (Å²) in [5, 5.41) is 10.4. The Morgan fingerprint density at radius 1 is 1.09 bits per heavy atom. The molecule has 5 nitrogen and oxygen atoms in total. The van der Waals surface area contributed by atoms with Crippen molar-refractivity contribution in [3.8, 4) is 11.5 Å². The number of halogens is 3. The van der Waals surface area contributed by atoms with E-state index in [0.717, 1.165) is 18.1 Å². The highest BCUT2D eigenvalue weighted by Gasteiger charge is 2.31. The lowest BCUT2D eigenvalue weighted by atomic mass is 10.1. The van der Waals surface area contributed by atoms with Crippen LogP contribution in [-0.2, 0) is 12.6 Å². The molecule has 174 valence electrons. The molecule has 0 bridgehead atoms. The first-order valence-electron chi connectivity index (χ1n) is 10.5. The molecule has 1 saturated heterocycles. The van der Waals surface area contributed by atoms with Crippen LogP contribution in [0.5, 0.6) is 11.5 Å². The zero-order valence-electron chi connectivity index (χ0n) is 18.1.